The highest BCUT2D eigenvalue weighted by Gasteiger charge is 2.38. The second-order valence-electron chi connectivity index (χ2n) is 5.41. The summed E-state index contributed by atoms with van der Waals surface area (Å²) in [5, 5.41) is 0. The summed E-state index contributed by atoms with van der Waals surface area (Å²) >= 11 is 0. The van der Waals surface area contributed by atoms with E-state index >= 15 is 0 Å². The van der Waals surface area contributed by atoms with Crippen molar-refractivity contribution >= 4 is 15.7 Å². The minimum absolute atomic E-state index is 0.0419. The zero-order valence-electron chi connectivity index (χ0n) is 10.5. The maximum absolute atomic E-state index is 13.7. The first-order valence-electron chi connectivity index (χ1n) is 5.78. The van der Waals surface area contributed by atoms with Crippen molar-refractivity contribution < 1.29 is 12.8 Å². The minimum atomic E-state index is -3.84. The van der Waals surface area contributed by atoms with Crippen LogP contribution in [0.1, 0.15) is 20.3 Å². The number of hydrogen-bond acceptors (Lipinski definition) is 3. The molecule has 1 heterocycles. The van der Waals surface area contributed by atoms with Crippen LogP contribution in [0, 0.1) is 11.2 Å². The molecule has 1 aliphatic rings. The highest BCUT2D eigenvalue weighted by molar-refractivity contribution is 7.89. The van der Waals surface area contributed by atoms with Gasteiger partial charge >= 0.3 is 0 Å². The fraction of sp³-hybridized carbons (Fsp3) is 0.500. The molecule has 1 saturated heterocycles. The van der Waals surface area contributed by atoms with Gasteiger partial charge in [0.2, 0.25) is 10.0 Å². The van der Waals surface area contributed by atoms with Crippen molar-refractivity contribution in [3.63, 3.8) is 0 Å². The lowest BCUT2D eigenvalue weighted by atomic mass is 9.93. The van der Waals surface area contributed by atoms with Crippen molar-refractivity contribution in [1.29, 1.82) is 0 Å². The smallest absolute Gasteiger partial charge is 0.248 e. The molecular weight excluding hydrogens is 255 g/mol. The van der Waals surface area contributed by atoms with Gasteiger partial charge in [0.15, 0.2) is 0 Å². The van der Waals surface area contributed by atoms with E-state index in [1.807, 2.05) is 13.8 Å². The summed E-state index contributed by atoms with van der Waals surface area (Å²) in [5.74, 6) is -0.792. The Balaban J connectivity index is 2.44. The molecule has 1 aromatic carbocycles. The van der Waals surface area contributed by atoms with Crippen LogP contribution in [0.25, 0.3) is 0 Å². The lowest BCUT2D eigenvalue weighted by Crippen LogP contribution is -2.31. The quantitative estimate of drug-likeness (QED) is 0.835. The Hall–Kier alpha value is -1.14. The third-order valence-corrected chi connectivity index (χ3v) is 5.18. The average Bonchev–Trinajstić information content (AvgIpc) is 2.59. The van der Waals surface area contributed by atoms with Crippen LogP contribution >= 0.6 is 0 Å². The third kappa shape index (κ3) is 2.22. The monoisotopic (exact) mass is 272 g/mol. The Morgan fingerprint density at radius 1 is 1.39 bits per heavy atom. The molecule has 18 heavy (non-hydrogen) atoms. The lowest BCUT2D eigenvalue weighted by Gasteiger charge is -2.20. The summed E-state index contributed by atoms with van der Waals surface area (Å²) in [5.41, 5.74) is 5.48. The number of nitrogens with zero attached hydrogens (tertiary/aromatic N) is 1. The number of rotatable bonds is 2. The number of nitrogen functional groups attached to an aromatic ring is 1. The van der Waals surface area contributed by atoms with Crippen molar-refractivity contribution in [2.75, 3.05) is 18.8 Å². The van der Waals surface area contributed by atoms with E-state index in [-0.39, 0.29) is 11.1 Å². The SMILES string of the molecule is CC1(C)CCN(S(=O)(=O)c2c(N)cccc2F)C1. The molecule has 0 bridgehead atoms. The summed E-state index contributed by atoms with van der Waals surface area (Å²) in [7, 11) is -3.84. The molecule has 1 aliphatic heterocycles. The van der Waals surface area contributed by atoms with Gasteiger partial charge in [-0.2, -0.15) is 4.31 Å². The van der Waals surface area contributed by atoms with Gasteiger partial charge in [0.25, 0.3) is 0 Å². The van der Waals surface area contributed by atoms with Gasteiger partial charge in [0.05, 0.1) is 5.69 Å². The second kappa shape index (κ2) is 4.20. The van der Waals surface area contributed by atoms with Crippen LogP contribution < -0.4 is 5.73 Å². The molecule has 100 valence electrons. The Bertz CT molecular complexity index is 549. The van der Waals surface area contributed by atoms with Gasteiger partial charge in [-0.1, -0.05) is 19.9 Å². The predicted octanol–water partition coefficient (Wildman–Crippen LogP) is 1.83. The fourth-order valence-electron chi connectivity index (χ4n) is 2.19. The number of hydrogen-bond donors (Lipinski definition) is 1. The molecule has 0 aliphatic carbocycles. The van der Waals surface area contributed by atoms with Gasteiger partial charge in [0, 0.05) is 13.1 Å². The summed E-state index contributed by atoms with van der Waals surface area (Å²) < 4.78 is 39.8. The molecule has 2 N–H and O–H groups in total. The van der Waals surface area contributed by atoms with Crippen LogP contribution in [0.15, 0.2) is 23.1 Å². The maximum atomic E-state index is 13.7. The van der Waals surface area contributed by atoms with E-state index in [4.69, 9.17) is 5.73 Å². The predicted molar refractivity (Wildman–Crippen MR) is 68.0 cm³/mol. The van der Waals surface area contributed by atoms with Crippen LogP contribution in [-0.4, -0.2) is 25.8 Å². The van der Waals surface area contributed by atoms with Gasteiger partial charge in [-0.05, 0) is 24.0 Å². The number of nitrogens with two attached hydrogens (primary N) is 1. The summed E-state index contributed by atoms with van der Waals surface area (Å²) in [6.45, 7) is 4.78. The van der Waals surface area contributed by atoms with Crippen molar-refractivity contribution in [2.45, 2.75) is 25.2 Å². The summed E-state index contributed by atoms with van der Waals surface area (Å²) in [6, 6.07) is 3.92. The fourth-order valence-corrected chi connectivity index (χ4v) is 3.98. The third-order valence-electron chi connectivity index (χ3n) is 3.24. The van der Waals surface area contributed by atoms with Crippen LogP contribution in [0.5, 0.6) is 0 Å². The highest BCUT2D eigenvalue weighted by Crippen LogP contribution is 2.34. The molecule has 0 spiro atoms. The molecule has 0 atom stereocenters. The molecule has 0 radical (unpaired) electrons. The Morgan fingerprint density at radius 2 is 2.06 bits per heavy atom. The van der Waals surface area contributed by atoms with E-state index in [0.717, 1.165) is 12.5 Å². The van der Waals surface area contributed by atoms with E-state index in [1.165, 1.54) is 16.4 Å². The van der Waals surface area contributed by atoms with E-state index in [2.05, 4.69) is 0 Å². The molecule has 0 saturated carbocycles. The van der Waals surface area contributed by atoms with E-state index in [0.29, 0.717) is 13.1 Å². The van der Waals surface area contributed by atoms with E-state index in [9.17, 15) is 12.8 Å². The topological polar surface area (TPSA) is 63.4 Å². The molecule has 0 aromatic heterocycles. The molecule has 1 fully saturated rings. The van der Waals surface area contributed by atoms with Crippen LogP contribution in [0.2, 0.25) is 0 Å². The normalized spacial score (nSPS) is 20.2. The van der Waals surface area contributed by atoms with Crippen molar-refractivity contribution in [1.82, 2.24) is 4.31 Å². The average molecular weight is 272 g/mol. The molecule has 4 nitrogen and oxygen atoms in total. The molecule has 0 amide bonds. The maximum Gasteiger partial charge on any atom is 0.248 e. The first kappa shape index (κ1) is 13.3. The molecular formula is C12H17FN2O2S. The van der Waals surface area contributed by atoms with Gasteiger partial charge in [-0.15, -0.1) is 0 Å². The molecule has 2 rings (SSSR count). The zero-order valence-corrected chi connectivity index (χ0v) is 11.3. The first-order chi connectivity index (χ1) is 8.24. The minimum Gasteiger partial charge on any atom is -0.398 e. The number of halogens is 1. The van der Waals surface area contributed by atoms with Crippen molar-refractivity contribution in [3.8, 4) is 0 Å². The van der Waals surface area contributed by atoms with Crippen molar-refractivity contribution in [2.24, 2.45) is 5.41 Å². The van der Waals surface area contributed by atoms with Crippen LogP contribution in [0.3, 0.4) is 0 Å². The zero-order chi connectivity index (χ0) is 13.6. The standard InChI is InChI=1S/C12H17FN2O2S/c1-12(2)6-7-15(8-12)18(16,17)11-9(13)4-3-5-10(11)14/h3-5H,6-8,14H2,1-2H3. The molecule has 0 unspecified atom stereocenters. The first-order valence-corrected chi connectivity index (χ1v) is 7.22. The Labute approximate surface area is 107 Å². The summed E-state index contributed by atoms with van der Waals surface area (Å²) in [6.07, 6.45) is 0.764. The molecule has 1 aromatic rings. The Morgan fingerprint density at radius 3 is 2.56 bits per heavy atom. The number of anilines is 1. The number of benzene rings is 1. The van der Waals surface area contributed by atoms with Gasteiger partial charge in [-0.3, -0.25) is 0 Å². The van der Waals surface area contributed by atoms with E-state index in [1.54, 1.807) is 0 Å². The van der Waals surface area contributed by atoms with Crippen LogP contribution in [-0.2, 0) is 10.0 Å². The molecule has 6 heteroatoms. The lowest BCUT2D eigenvalue weighted by molar-refractivity contribution is 0.374. The second-order valence-corrected chi connectivity index (χ2v) is 7.29. The highest BCUT2D eigenvalue weighted by atomic mass is 32.2. The van der Waals surface area contributed by atoms with Gasteiger partial charge in [0.1, 0.15) is 10.7 Å². The Kier molecular flexibility index (Phi) is 3.11. The van der Waals surface area contributed by atoms with E-state index < -0.39 is 20.7 Å². The number of sulfonamides is 1. The van der Waals surface area contributed by atoms with Crippen LogP contribution in [0.4, 0.5) is 10.1 Å². The summed E-state index contributed by atoms with van der Waals surface area (Å²) in [4.78, 5) is -0.400. The largest absolute Gasteiger partial charge is 0.398 e. The van der Waals surface area contributed by atoms with Gasteiger partial charge < -0.3 is 5.73 Å². The van der Waals surface area contributed by atoms with Crippen molar-refractivity contribution in [3.05, 3.63) is 24.0 Å². The van der Waals surface area contributed by atoms with Gasteiger partial charge in [-0.25, -0.2) is 12.8 Å².